The molecule has 80 valence electrons. The Morgan fingerprint density at radius 2 is 2.00 bits per heavy atom. The first kappa shape index (κ1) is 11.6. The molecule has 0 unspecified atom stereocenters. The summed E-state index contributed by atoms with van der Waals surface area (Å²) in [7, 11) is 0. The van der Waals surface area contributed by atoms with Crippen molar-refractivity contribution in [2.45, 2.75) is 19.1 Å². The Kier molecular flexibility index (Phi) is 3.34. The van der Waals surface area contributed by atoms with Gasteiger partial charge in [-0.25, -0.2) is 0 Å². The van der Waals surface area contributed by atoms with Gasteiger partial charge in [-0.15, -0.1) is 0 Å². The third-order valence-corrected chi connectivity index (χ3v) is 2.19. The third-order valence-electron chi connectivity index (χ3n) is 2.19. The van der Waals surface area contributed by atoms with Crippen molar-refractivity contribution < 1.29 is 19.8 Å². The van der Waals surface area contributed by atoms with Crippen LogP contribution in [0.25, 0.3) is 0 Å². The Morgan fingerprint density at radius 1 is 1.40 bits per heavy atom. The van der Waals surface area contributed by atoms with Crippen LogP contribution in [0.4, 0.5) is 0 Å². The molecule has 2 N–H and O–H groups in total. The minimum atomic E-state index is -2.40. The minimum absolute atomic E-state index is 0.0272. The van der Waals surface area contributed by atoms with E-state index in [9.17, 15) is 19.8 Å². The molecule has 0 saturated heterocycles. The smallest absolute Gasteiger partial charge is 0.228 e. The molecule has 0 aromatic heterocycles. The molecular weight excluding hydrogens is 196 g/mol. The highest BCUT2D eigenvalue weighted by atomic mass is 16.5. The fourth-order valence-corrected chi connectivity index (χ4v) is 1.18. The Balaban J connectivity index is 3.17. The van der Waals surface area contributed by atoms with E-state index in [1.165, 1.54) is 19.1 Å². The van der Waals surface area contributed by atoms with E-state index in [0.29, 0.717) is 6.29 Å². The minimum Gasteiger partial charge on any atom is -0.359 e. The van der Waals surface area contributed by atoms with Crippen molar-refractivity contribution in [3.63, 3.8) is 0 Å². The molecule has 0 spiro atoms. The molecule has 0 radical (unpaired) electrons. The van der Waals surface area contributed by atoms with Crippen LogP contribution in [-0.2, 0) is 0 Å². The molecule has 0 bridgehead atoms. The number of carbonyl (C=O) groups excluding carboxylic acids is 2. The summed E-state index contributed by atoms with van der Waals surface area (Å²) in [6, 6.07) is 6.00. The second kappa shape index (κ2) is 4.33. The lowest BCUT2D eigenvalue weighted by molar-refractivity contribution is -0.122. The van der Waals surface area contributed by atoms with Crippen molar-refractivity contribution in [1.82, 2.24) is 0 Å². The largest absolute Gasteiger partial charge is 0.359 e. The molecule has 0 amide bonds. The SMILES string of the molecule is CCC(O)(O)C(=O)c1ccccc1C=O. The van der Waals surface area contributed by atoms with Crippen molar-refractivity contribution in [3.05, 3.63) is 35.4 Å². The normalized spacial score (nSPS) is 11.1. The maximum atomic E-state index is 11.6. The molecule has 1 aromatic rings. The van der Waals surface area contributed by atoms with Crippen LogP contribution in [0.2, 0.25) is 0 Å². The van der Waals surface area contributed by atoms with E-state index >= 15 is 0 Å². The van der Waals surface area contributed by atoms with Crippen LogP contribution in [0.15, 0.2) is 24.3 Å². The number of Topliss-reactive ketones (excluding diaryl/α,β-unsaturated/α-hetero) is 1. The number of hydrogen-bond acceptors (Lipinski definition) is 4. The molecule has 0 fully saturated rings. The summed E-state index contributed by atoms with van der Waals surface area (Å²) >= 11 is 0. The molecule has 0 aliphatic carbocycles. The van der Waals surface area contributed by atoms with Gasteiger partial charge in [-0.05, 0) is 0 Å². The number of aldehydes is 1. The lowest BCUT2D eigenvalue weighted by Crippen LogP contribution is -2.38. The summed E-state index contributed by atoms with van der Waals surface area (Å²) in [5.41, 5.74) is 0.183. The van der Waals surface area contributed by atoms with Crippen molar-refractivity contribution in [2.24, 2.45) is 0 Å². The molecule has 0 saturated carbocycles. The van der Waals surface area contributed by atoms with E-state index in [0.717, 1.165) is 0 Å². The average molecular weight is 208 g/mol. The monoisotopic (exact) mass is 208 g/mol. The van der Waals surface area contributed by atoms with Gasteiger partial charge in [0.2, 0.25) is 11.6 Å². The second-order valence-electron chi connectivity index (χ2n) is 3.20. The molecule has 1 aromatic carbocycles. The van der Waals surface area contributed by atoms with Crippen molar-refractivity contribution in [2.75, 3.05) is 0 Å². The summed E-state index contributed by atoms with van der Waals surface area (Å²) in [6.07, 6.45) is 0.387. The van der Waals surface area contributed by atoms with E-state index < -0.39 is 11.6 Å². The fourth-order valence-electron chi connectivity index (χ4n) is 1.18. The first-order valence-corrected chi connectivity index (χ1v) is 4.56. The zero-order valence-corrected chi connectivity index (χ0v) is 8.30. The van der Waals surface area contributed by atoms with Gasteiger partial charge in [-0.1, -0.05) is 31.2 Å². The number of hydrogen-bond donors (Lipinski definition) is 2. The maximum Gasteiger partial charge on any atom is 0.228 e. The highest BCUT2D eigenvalue weighted by Crippen LogP contribution is 2.16. The predicted molar refractivity (Wildman–Crippen MR) is 53.6 cm³/mol. The quantitative estimate of drug-likeness (QED) is 0.435. The van der Waals surface area contributed by atoms with E-state index in [-0.39, 0.29) is 17.5 Å². The standard InChI is InChI=1S/C11H12O4/c1-2-11(14,15)10(13)9-6-4-3-5-8(9)7-12/h3-7,14-15H,2H2,1H3. The Bertz CT molecular complexity index is 382. The summed E-state index contributed by atoms with van der Waals surface area (Å²) in [4.78, 5) is 22.2. The number of aliphatic hydroxyl groups is 2. The van der Waals surface area contributed by atoms with Gasteiger partial charge in [0.05, 0.1) is 0 Å². The number of carbonyl (C=O) groups is 2. The van der Waals surface area contributed by atoms with Gasteiger partial charge in [-0.2, -0.15) is 0 Å². The van der Waals surface area contributed by atoms with Crippen LogP contribution < -0.4 is 0 Å². The van der Waals surface area contributed by atoms with Gasteiger partial charge in [0.1, 0.15) is 0 Å². The lowest BCUT2D eigenvalue weighted by atomic mass is 9.97. The molecular formula is C11H12O4. The Morgan fingerprint density at radius 3 is 2.53 bits per heavy atom. The first-order valence-electron chi connectivity index (χ1n) is 4.56. The number of rotatable bonds is 4. The molecule has 0 aliphatic rings. The third kappa shape index (κ3) is 2.29. The molecule has 4 heteroatoms. The zero-order chi connectivity index (χ0) is 11.5. The predicted octanol–water partition coefficient (Wildman–Crippen LogP) is 0.773. The Hall–Kier alpha value is -1.52. The molecule has 15 heavy (non-hydrogen) atoms. The lowest BCUT2D eigenvalue weighted by Gasteiger charge is -2.18. The summed E-state index contributed by atoms with van der Waals surface area (Å²) in [6.45, 7) is 1.47. The van der Waals surface area contributed by atoms with Crippen LogP contribution in [0.3, 0.4) is 0 Å². The van der Waals surface area contributed by atoms with Gasteiger partial charge >= 0.3 is 0 Å². The summed E-state index contributed by atoms with van der Waals surface area (Å²) < 4.78 is 0. The zero-order valence-electron chi connectivity index (χ0n) is 8.30. The van der Waals surface area contributed by atoms with E-state index in [2.05, 4.69) is 0 Å². The number of benzene rings is 1. The van der Waals surface area contributed by atoms with Gasteiger partial charge in [0, 0.05) is 17.5 Å². The first-order chi connectivity index (χ1) is 7.03. The molecule has 4 nitrogen and oxygen atoms in total. The van der Waals surface area contributed by atoms with Crippen LogP contribution in [0, 0.1) is 0 Å². The van der Waals surface area contributed by atoms with Crippen LogP contribution in [0.5, 0.6) is 0 Å². The average Bonchev–Trinajstić information content (AvgIpc) is 2.28. The fraction of sp³-hybridized carbons (Fsp3) is 0.273. The van der Waals surface area contributed by atoms with Crippen molar-refractivity contribution in [3.8, 4) is 0 Å². The van der Waals surface area contributed by atoms with Crippen LogP contribution >= 0.6 is 0 Å². The van der Waals surface area contributed by atoms with Gasteiger partial charge in [0.15, 0.2) is 6.29 Å². The second-order valence-corrected chi connectivity index (χ2v) is 3.20. The highest BCUT2D eigenvalue weighted by Gasteiger charge is 2.32. The molecule has 0 atom stereocenters. The van der Waals surface area contributed by atoms with Gasteiger partial charge < -0.3 is 10.2 Å². The molecule has 1 rings (SSSR count). The van der Waals surface area contributed by atoms with Crippen molar-refractivity contribution in [1.29, 1.82) is 0 Å². The topological polar surface area (TPSA) is 74.6 Å². The van der Waals surface area contributed by atoms with Crippen LogP contribution in [-0.4, -0.2) is 28.1 Å². The highest BCUT2D eigenvalue weighted by molar-refractivity contribution is 6.06. The summed E-state index contributed by atoms with van der Waals surface area (Å²) in [5, 5.41) is 18.7. The van der Waals surface area contributed by atoms with Gasteiger partial charge in [0.25, 0.3) is 0 Å². The molecule has 0 aliphatic heterocycles. The van der Waals surface area contributed by atoms with Crippen LogP contribution in [0.1, 0.15) is 34.1 Å². The molecule has 0 heterocycles. The van der Waals surface area contributed by atoms with Crippen molar-refractivity contribution >= 4 is 12.1 Å². The number of ketones is 1. The summed E-state index contributed by atoms with van der Waals surface area (Å²) in [5.74, 6) is -3.26. The van der Waals surface area contributed by atoms with E-state index in [1.807, 2.05) is 0 Å². The van der Waals surface area contributed by atoms with E-state index in [1.54, 1.807) is 12.1 Å². The maximum absolute atomic E-state index is 11.6. The van der Waals surface area contributed by atoms with E-state index in [4.69, 9.17) is 0 Å². The van der Waals surface area contributed by atoms with Gasteiger partial charge in [-0.3, -0.25) is 9.59 Å². The Labute approximate surface area is 87.2 Å².